The number of benzene rings is 3. The minimum atomic E-state index is -1.64. The molecule has 1 saturated heterocycles. The molecule has 3 aromatic carbocycles. The topological polar surface area (TPSA) is 286 Å². The van der Waals surface area contributed by atoms with Gasteiger partial charge in [0.2, 0.25) is 41.4 Å². The molecule has 5 atom stereocenters. The van der Waals surface area contributed by atoms with Crippen LogP contribution in [0.5, 0.6) is 0 Å². The van der Waals surface area contributed by atoms with Gasteiger partial charge in [-0.2, -0.15) is 11.8 Å². The van der Waals surface area contributed by atoms with Crippen LogP contribution in [-0.2, 0) is 68.1 Å². The first kappa shape index (κ1) is 54.5. The number of imide groups is 1. The normalized spacial score (nSPS) is 19.1. The summed E-state index contributed by atoms with van der Waals surface area (Å²) >= 11 is 1.26. The van der Waals surface area contributed by atoms with Crippen LogP contribution >= 0.6 is 11.8 Å². The maximum atomic E-state index is 15.0. The van der Waals surface area contributed by atoms with Crippen molar-refractivity contribution in [1.82, 2.24) is 41.5 Å². The summed E-state index contributed by atoms with van der Waals surface area (Å²) in [5.41, 5.74) is 3.13. The first-order valence-electron chi connectivity index (χ1n) is 25.1. The Morgan fingerprint density at radius 3 is 2.36 bits per heavy atom. The number of hydrogen-bond acceptors (Lipinski definition) is 14. The molecule has 0 bridgehead atoms. The van der Waals surface area contributed by atoms with Crippen molar-refractivity contribution in [2.45, 2.75) is 82.0 Å². The molecule has 8 amide bonds. The Labute approximate surface area is 450 Å². The van der Waals surface area contributed by atoms with Gasteiger partial charge >= 0.3 is 0 Å². The Kier molecular flexibility index (Phi) is 15.6. The van der Waals surface area contributed by atoms with Gasteiger partial charge < -0.3 is 46.5 Å². The summed E-state index contributed by atoms with van der Waals surface area (Å²) < 4.78 is 27.7. The molecule has 23 heteroatoms. The van der Waals surface area contributed by atoms with E-state index in [0.717, 1.165) is 10.5 Å². The number of carbonyl (C=O) groups is 8. The van der Waals surface area contributed by atoms with Gasteiger partial charge in [0.15, 0.2) is 0 Å². The molecule has 0 spiro atoms. The molecule has 0 saturated carbocycles. The van der Waals surface area contributed by atoms with E-state index in [0.29, 0.717) is 50.1 Å². The first-order chi connectivity index (χ1) is 37.3. The van der Waals surface area contributed by atoms with Crippen molar-refractivity contribution < 1.29 is 57.3 Å². The molecule has 78 heavy (non-hydrogen) atoms. The Hall–Kier alpha value is -8.28. The predicted octanol–water partition coefficient (Wildman–Crippen LogP) is 1.88. The van der Waals surface area contributed by atoms with Crippen LogP contribution < -0.4 is 42.4 Å². The van der Waals surface area contributed by atoms with Gasteiger partial charge in [0.05, 0.1) is 65.1 Å². The van der Waals surface area contributed by atoms with Gasteiger partial charge in [0.1, 0.15) is 43.2 Å². The molecule has 1 aliphatic carbocycles. The van der Waals surface area contributed by atoms with Crippen LogP contribution in [0.1, 0.15) is 75.1 Å². The summed E-state index contributed by atoms with van der Waals surface area (Å²) in [7, 11) is 0. The second kappa shape index (κ2) is 22.4. The standard InChI is InChI=1S/C55H56FN9O12S/c1-6-55(75)29(4)77-24-35-36(55)18-41-49-48-34(33-14-28(3)37(56)19-38(33)63-49)17-39(50(48)65(41)53(35)73)61-46(69)25-76-26-60-44(67)22-59-52(72)40(15-30-10-8-7-9-11-30)62-45(68)23-57-43(66)21-58-51(71)32-16-31(13-12-27(32)2)64-47(70)20-42(78-5)54(64)74/h7-14,16,18-19,39-40,42,50,75H,4,6,15,17,20-26H2,1-3,5H3,(H,57,66)(H,58,71)(H,59,72)(H,60,67)(H,61,69)(H,62,68)/t39-,40-,42?,50?,55+/m0/s1. The Morgan fingerprint density at radius 1 is 0.897 bits per heavy atom. The molecule has 2 aromatic heterocycles. The lowest BCUT2D eigenvalue weighted by Gasteiger charge is -2.36. The molecule has 2 unspecified atom stereocenters. The maximum Gasteiger partial charge on any atom is 0.258 e. The average molecular weight is 1090 g/mol. The SMILES string of the molecule is C=C1OCc2c(cc3n(c2=O)C2c4c-3nc3cc(F)c(C)cc3c4C[C@@H]2NC(=O)COCNC(=O)CNC(=O)[C@H](Cc2ccccc2)NC(=O)CNC(=O)CNC(=O)c2cc(N3C(=O)CC(SC)C3=O)ccc2C)[C@@]1(O)CC. The zero-order valence-electron chi connectivity index (χ0n) is 43.0. The molecule has 1 fully saturated rings. The summed E-state index contributed by atoms with van der Waals surface area (Å²) in [6.07, 6.45) is 2.23. The van der Waals surface area contributed by atoms with E-state index in [1.807, 2.05) is 0 Å². The van der Waals surface area contributed by atoms with Crippen LogP contribution in [0, 0.1) is 19.7 Å². The number of anilines is 1. The largest absolute Gasteiger partial charge is 0.490 e. The van der Waals surface area contributed by atoms with E-state index in [1.165, 1.54) is 23.9 Å². The molecule has 4 aliphatic rings. The monoisotopic (exact) mass is 1090 g/mol. The Bertz CT molecular complexity index is 3430. The molecule has 5 heterocycles. The van der Waals surface area contributed by atoms with Gasteiger partial charge in [-0.25, -0.2) is 14.3 Å². The molecule has 21 nitrogen and oxygen atoms in total. The number of aryl methyl sites for hydroxylation is 2. The number of carbonyl (C=O) groups excluding carboxylic acids is 8. The van der Waals surface area contributed by atoms with Gasteiger partial charge in [0.25, 0.3) is 11.5 Å². The zero-order valence-corrected chi connectivity index (χ0v) is 43.8. The van der Waals surface area contributed by atoms with E-state index < -0.39 is 109 Å². The third-order valence-corrected chi connectivity index (χ3v) is 15.4. The second-order valence-corrected chi connectivity index (χ2v) is 20.4. The van der Waals surface area contributed by atoms with Gasteiger partial charge in [-0.15, -0.1) is 0 Å². The Balaban J connectivity index is 0.765. The fourth-order valence-corrected chi connectivity index (χ4v) is 11.0. The number of thioether (sulfide) groups is 1. The van der Waals surface area contributed by atoms with Crippen molar-refractivity contribution in [3.05, 3.63) is 140 Å². The summed E-state index contributed by atoms with van der Waals surface area (Å²) in [6, 6.07) is 15.4. The number of nitrogens with one attached hydrogen (secondary N) is 6. The quantitative estimate of drug-likeness (QED) is 0.0354. The second-order valence-electron chi connectivity index (χ2n) is 19.4. The van der Waals surface area contributed by atoms with E-state index in [-0.39, 0.29) is 66.7 Å². The number of amides is 8. The van der Waals surface area contributed by atoms with E-state index in [4.69, 9.17) is 14.5 Å². The van der Waals surface area contributed by atoms with E-state index >= 15 is 0 Å². The summed E-state index contributed by atoms with van der Waals surface area (Å²) in [6.45, 7) is 6.21. The molecule has 3 aliphatic heterocycles. The highest BCUT2D eigenvalue weighted by molar-refractivity contribution is 8.00. The number of nitrogens with zero attached hydrogens (tertiary/aromatic N) is 3. The van der Waals surface area contributed by atoms with E-state index in [1.54, 1.807) is 86.2 Å². The molecule has 5 aromatic rings. The lowest BCUT2D eigenvalue weighted by atomic mass is 9.84. The predicted molar refractivity (Wildman–Crippen MR) is 283 cm³/mol. The summed E-state index contributed by atoms with van der Waals surface area (Å²) in [5.74, 6) is -5.24. The van der Waals surface area contributed by atoms with Gasteiger partial charge in [0, 0.05) is 41.0 Å². The summed E-state index contributed by atoms with van der Waals surface area (Å²) in [4.78, 5) is 125. The zero-order chi connectivity index (χ0) is 55.7. The maximum absolute atomic E-state index is 15.0. The van der Waals surface area contributed by atoms with E-state index in [9.17, 15) is 52.6 Å². The van der Waals surface area contributed by atoms with Crippen LogP contribution in [0.2, 0.25) is 0 Å². The van der Waals surface area contributed by atoms with E-state index in [2.05, 4.69) is 38.5 Å². The van der Waals surface area contributed by atoms with Crippen molar-refractivity contribution in [2.75, 3.05) is 44.1 Å². The number of aliphatic hydroxyl groups is 1. The molecule has 406 valence electrons. The Morgan fingerprint density at radius 2 is 1.63 bits per heavy atom. The number of hydrogen-bond donors (Lipinski definition) is 7. The number of rotatable bonds is 19. The van der Waals surface area contributed by atoms with Crippen molar-refractivity contribution in [2.24, 2.45) is 0 Å². The van der Waals surface area contributed by atoms with Crippen molar-refractivity contribution in [3.8, 4) is 11.4 Å². The molecule has 7 N–H and O–H groups in total. The van der Waals surface area contributed by atoms with Crippen molar-refractivity contribution >= 4 is 75.6 Å². The fourth-order valence-electron chi connectivity index (χ4n) is 10.4. The molecular weight excluding hydrogens is 1030 g/mol. The van der Waals surface area contributed by atoms with Gasteiger partial charge in [-0.3, -0.25) is 47.7 Å². The third-order valence-electron chi connectivity index (χ3n) is 14.5. The minimum absolute atomic E-state index is 0.0155. The summed E-state index contributed by atoms with van der Waals surface area (Å²) in [5, 5.41) is 27.2. The van der Waals surface area contributed by atoms with Crippen LogP contribution in [0.25, 0.3) is 22.3 Å². The lowest BCUT2D eigenvalue weighted by molar-refractivity contribution is -0.131. The fraction of sp³-hybridized carbons (Fsp3) is 0.345. The first-order valence-corrected chi connectivity index (χ1v) is 26.4. The highest BCUT2D eigenvalue weighted by atomic mass is 32.2. The number of pyridine rings is 2. The number of halogens is 1. The van der Waals surface area contributed by atoms with Crippen LogP contribution in [-0.4, -0.2) is 118 Å². The highest BCUT2D eigenvalue weighted by Crippen LogP contribution is 2.50. The minimum Gasteiger partial charge on any atom is -0.490 e. The molecule has 9 rings (SSSR count). The van der Waals surface area contributed by atoms with Crippen LogP contribution in [0.15, 0.2) is 83.9 Å². The van der Waals surface area contributed by atoms with Crippen molar-refractivity contribution in [1.29, 1.82) is 0 Å². The number of ether oxygens (including phenoxy) is 2. The average Bonchev–Trinajstić information content (AvgIpc) is 4.07. The van der Waals surface area contributed by atoms with Crippen LogP contribution in [0.4, 0.5) is 10.1 Å². The molecule has 0 radical (unpaired) electrons. The highest BCUT2D eigenvalue weighted by Gasteiger charge is 2.48. The number of fused-ring (bicyclic) bond motifs is 6. The molecular formula is C55H56FN9O12S. The smallest absolute Gasteiger partial charge is 0.258 e. The third kappa shape index (κ3) is 10.6. The van der Waals surface area contributed by atoms with Gasteiger partial charge in [-0.05, 0) is 79.5 Å². The number of aromatic nitrogens is 2. The van der Waals surface area contributed by atoms with Crippen LogP contribution in [0.3, 0.4) is 0 Å². The van der Waals surface area contributed by atoms with Crippen molar-refractivity contribution in [3.63, 3.8) is 0 Å². The lowest BCUT2D eigenvalue weighted by Crippen LogP contribution is -2.52. The van der Waals surface area contributed by atoms with Gasteiger partial charge in [-0.1, -0.05) is 49.9 Å².